The molecule has 7 nitrogen and oxygen atoms in total. The van der Waals surface area contributed by atoms with Crippen LogP contribution in [0.1, 0.15) is 28.7 Å². The van der Waals surface area contributed by atoms with E-state index in [1.807, 2.05) is 19.9 Å². The summed E-state index contributed by atoms with van der Waals surface area (Å²) in [6.07, 6.45) is 1.94. The van der Waals surface area contributed by atoms with E-state index in [-0.39, 0.29) is 35.4 Å². The summed E-state index contributed by atoms with van der Waals surface area (Å²) in [4.78, 5) is 26.9. The zero-order valence-corrected chi connectivity index (χ0v) is 17.7. The standard InChI is InChI=1S/C21H23NO6S/c1-11-7-16-19(20-18(11)12(2)9-27-20)13(3)15(21(24)28-16)8-17(23)22(4)14-5-6-29(25,26)10-14/h7,9,14H,5-6,8,10H2,1-4H3. The van der Waals surface area contributed by atoms with E-state index >= 15 is 0 Å². The Labute approximate surface area is 168 Å². The van der Waals surface area contributed by atoms with E-state index in [1.54, 1.807) is 20.2 Å². The number of fused-ring (bicyclic) bond motifs is 3. The predicted octanol–water partition coefficient (Wildman–Crippen LogP) is 2.65. The van der Waals surface area contributed by atoms with Gasteiger partial charge in [-0.2, -0.15) is 0 Å². The van der Waals surface area contributed by atoms with Gasteiger partial charge in [-0.15, -0.1) is 0 Å². The summed E-state index contributed by atoms with van der Waals surface area (Å²) in [6.45, 7) is 5.67. The number of aryl methyl sites for hydroxylation is 3. The minimum absolute atomic E-state index is 0.0356. The van der Waals surface area contributed by atoms with Crippen molar-refractivity contribution in [3.8, 4) is 0 Å². The average molecular weight is 417 g/mol. The van der Waals surface area contributed by atoms with Crippen molar-refractivity contribution < 1.29 is 22.0 Å². The monoisotopic (exact) mass is 417 g/mol. The third kappa shape index (κ3) is 3.25. The largest absolute Gasteiger partial charge is 0.463 e. The predicted molar refractivity (Wildman–Crippen MR) is 110 cm³/mol. The second-order valence-electron chi connectivity index (χ2n) is 7.92. The van der Waals surface area contributed by atoms with E-state index in [4.69, 9.17) is 8.83 Å². The molecule has 0 saturated carbocycles. The molecule has 1 aliphatic heterocycles. The number of sulfone groups is 1. The number of carbonyl (C=O) groups is 1. The minimum atomic E-state index is -3.10. The maximum atomic E-state index is 12.8. The number of amides is 1. The lowest BCUT2D eigenvalue weighted by Crippen LogP contribution is -2.39. The molecule has 29 heavy (non-hydrogen) atoms. The lowest BCUT2D eigenvalue weighted by molar-refractivity contribution is -0.130. The first-order chi connectivity index (χ1) is 13.6. The number of benzene rings is 1. The Morgan fingerprint density at radius 1 is 1.21 bits per heavy atom. The highest BCUT2D eigenvalue weighted by atomic mass is 32.2. The van der Waals surface area contributed by atoms with E-state index < -0.39 is 15.5 Å². The van der Waals surface area contributed by atoms with Gasteiger partial charge in [-0.05, 0) is 49.9 Å². The zero-order chi connectivity index (χ0) is 21.1. The van der Waals surface area contributed by atoms with E-state index in [9.17, 15) is 18.0 Å². The van der Waals surface area contributed by atoms with Crippen LogP contribution >= 0.6 is 0 Å². The van der Waals surface area contributed by atoms with Gasteiger partial charge in [0.15, 0.2) is 9.84 Å². The molecule has 8 heteroatoms. The molecule has 1 aliphatic rings. The molecular weight excluding hydrogens is 394 g/mol. The highest BCUT2D eigenvalue weighted by Gasteiger charge is 2.33. The Bertz CT molecular complexity index is 1310. The summed E-state index contributed by atoms with van der Waals surface area (Å²) in [5, 5.41) is 1.66. The fourth-order valence-electron chi connectivity index (χ4n) is 4.24. The van der Waals surface area contributed by atoms with E-state index in [0.717, 1.165) is 16.5 Å². The summed E-state index contributed by atoms with van der Waals surface area (Å²) >= 11 is 0. The molecule has 1 aromatic carbocycles. The Balaban J connectivity index is 1.76. The molecule has 3 aromatic rings. The molecule has 3 heterocycles. The van der Waals surface area contributed by atoms with E-state index in [0.29, 0.717) is 28.5 Å². The molecule has 1 amide bonds. The van der Waals surface area contributed by atoms with Crippen molar-refractivity contribution in [1.29, 1.82) is 0 Å². The molecule has 2 aromatic heterocycles. The number of carbonyl (C=O) groups excluding carboxylic acids is 1. The summed E-state index contributed by atoms with van der Waals surface area (Å²) in [5.74, 6) is -0.255. The first kappa shape index (κ1) is 19.7. The van der Waals surface area contributed by atoms with Gasteiger partial charge < -0.3 is 13.7 Å². The Hall–Kier alpha value is -2.61. The van der Waals surface area contributed by atoms with Crippen molar-refractivity contribution in [1.82, 2.24) is 4.90 Å². The second-order valence-corrected chi connectivity index (χ2v) is 10.1. The van der Waals surface area contributed by atoms with Crippen molar-refractivity contribution in [2.75, 3.05) is 18.6 Å². The van der Waals surface area contributed by atoms with Gasteiger partial charge in [0.05, 0.1) is 35.1 Å². The topological polar surface area (TPSA) is 97.8 Å². The van der Waals surface area contributed by atoms with Crippen LogP contribution in [0.15, 0.2) is 26.0 Å². The molecule has 1 unspecified atom stereocenters. The van der Waals surface area contributed by atoms with Crippen molar-refractivity contribution in [2.45, 2.75) is 39.7 Å². The molecular formula is C21H23NO6S. The summed E-state index contributed by atoms with van der Waals surface area (Å²) in [6, 6.07) is 1.46. The zero-order valence-electron chi connectivity index (χ0n) is 16.9. The molecule has 154 valence electrons. The third-order valence-electron chi connectivity index (χ3n) is 5.94. The molecule has 1 atom stereocenters. The van der Waals surface area contributed by atoms with Crippen LogP contribution < -0.4 is 5.63 Å². The van der Waals surface area contributed by atoms with Crippen LogP contribution in [0.4, 0.5) is 0 Å². The van der Waals surface area contributed by atoms with Gasteiger partial charge in [0.1, 0.15) is 11.2 Å². The first-order valence-corrected chi connectivity index (χ1v) is 11.3. The van der Waals surface area contributed by atoms with Gasteiger partial charge in [0.25, 0.3) is 0 Å². The summed E-state index contributed by atoms with van der Waals surface area (Å²) in [5.41, 5.74) is 3.38. The normalized spacial score (nSPS) is 18.6. The Morgan fingerprint density at radius 3 is 2.59 bits per heavy atom. The molecule has 0 aliphatic carbocycles. The molecule has 1 saturated heterocycles. The third-order valence-corrected chi connectivity index (χ3v) is 7.69. The van der Waals surface area contributed by atoms with Crippen LogP contribution in [0.25, 0.3) is 21.9 Å². The smallest absolute Gasteiger partial charge is 0.340 e. The van der Waals surface area contributed by atoms with Crippen LogP contribution in [0.2, 0.25) is 0 Å². The average Bonchev–Trinajstić information content (AvgIpc) is 3.20. The maximum Gasteiger partial charge on any atom is 0.340 e. The van der Waals surface area contributed by atoms with Crippen molar-refractivity contribution in [3.63, 3.8) is 0 Å². The Kier molecular flexibility index (Phi) is 4.57. The van der Waals surface area contributed by atoms with Gasteiger partial charge in [0, 0.05) is 18.5 Å². The van der Waals surface area contributed by atoms with Gasteiger partial charge in [-0.25, -0.2) is 13.2 Å². The lowest BCUT2D eigenvalue weighted by Gasteiger charge is -2.23. The van der Waals surface area contributed by atoms with Gasteiger partial charge in [-0.1, -0.05) is 0 Å². The van der Waals surface area contributed by atoms with Crippen LogP contribution in [0.5, 0.6) is 0 Å². The number of rotatable bonds is 3. The summed E-state index contributed by atoms with van der Waals surface area (Å²) in [7, 11) is -1.52. The molecule has 4 rings (SSSR count). The van der Waals surface area contributed by atoms with E-state index in [1.165, 1.54) is 4.90 Å². The Morgan fingerprint density at radius 2 is 1.93 bits per heavy atom. The van der Waals surface area contributed by atoms with Crippen LogP contribution in [0, 0.1) is 20.8 Å². The molecule has 0 bridgehead atoms. The molecule has 0 radical (unpaired) electrons. The number of furan rings is 1. The van der Waals surface area contributed by atoms with Crippen LogP contribution in [0.3, 0.4) is 0 Å². The molecule has 1 fully saturated rings. The van der Waals surface area contributed by atoms with Crippen molar-refractivity contribution in [2.24, 2.45) is 0 Å². The highest BCUT2D eigenvalue weighted by molar-refractivity contribution is 7.91. The van der Waals surface area contributed by atoms with Crippen LogP contribution in [-0.4, -0.2) is 43.8 Å². The quantitative estimate of drug-likeness (QED) is 0.608. The van der Waals surface area contributed by atoms with Crippen LogP contribution in [-0.2, 0) is 21.1 Å². The molecule has 0 spiro atoms. The number of hydrogen-bond donors (Lipinski definition) is 0. The van der Waals surface area contributed by atoms with Crippen molar-refractivity contribution >= 4 is 37.7 Å². The van der Waals surface area contributed by atoms with E-state index in [2.05, 4.69) is 0 Å². The van der Waals surface area contributed by atoms with Gasteiger partial charge in [-0.3, -0.25) is 4.79 Å². The fraction of sp³-hybridized carbons (Fsp3) is 0.429. The summed E-state index contributed by atoms with van der Waals surface area (Å²) < 4.78 is 34.7. The second kappa shape index (κ2) is 6.73. The van der Waals surface area contributed by atoms with Crippen molar-refractivity contribution in [3.05, 3.63) is 45.0 Å². The number of likely N-dealkylation sites (N-methyl/N-ethyl adjacent to an activating group) is 1. The lowest BCUT2D eigenvalue weighted by atomic mass is 9.98. The van der Waals surface area contributed by atoms with Gasteiger partial charge in [0.2, 0.25) is 5.91 Å². The molecule has 0 N–H and O–H groups in total. The fourth-order valence-corrected chi connectivity index (χ4v) is 6.01. The maximum absolute atomic E-state index is 12.8. The first-order valence-electron chi connectivity index (χ1n) is 9.49. The SMILES string of the molecule is Cc1coc2c1c(C)cc1oc(=O)c(CC(=O)N(C)C3CCS(=O)(=O)C3)c(C)c12. The number of nitrogens with zero attached hydrogens (tertiary/aromatic N) is 1. The van der Waals surface area contributed by atoms with Gasteiger partial charge >= 0.3 is 5.63 Å². The minimum Gasteiger partial charge on any atom is -0.463 e. The number of hydrogen-bond acceptors (Lipinski definition) is 6. The highest BCUT2D eigenvalue weighted by Crippen LogP contribution is 2.34.